The first-order valence-electron chi connectivity index (χ1n) is 6.97. The van der Waals surface area contributed by atoms with Crippen LogP contribution in [-0.2, 0) is 10.6 Å². The fourth-order valence-corrected chi connectivity index (χ4v) is 3.70. The minimum atomic E-state index is -0.211. The molecule has 3 nitrogen and oxygen atoms in total. The van der Waals surface area contributed by atoms with Crippen LogP contribution in [0, 0.1) is 9.39 Å². The van der Waals surface area contributed by atoms with Crippen LogP contribution in [-0.4, -0.2) is 21.8 Å². The molecule has 0 saturated carbocycles. The predicted octanol–water partition coefficient (Wildman–Crippen LogP) is 4.65. The average molecular weight is 423 g/mol. The van der Waals surface area contributed by atoms with Gasteiger partial charge in [-0.15, -0.1) is 11.6 Å². The van der Waals surface area contributed by atoms with Crippen molar-refractivity contribution < 1.29 is 9.13 Å². The lowest BCUT2D eigenvalue weighted by Crippen LogP contribution is -2.35. The van der Waals surface area contributed by atoms with Crippen molar-refractivity contribution in [3.8, 4) is 0 Å². The van der Waals surface area contributed by atoms with Crippen LogP contribution in [0.15, 0.2) is 12.1 Å². The number of benzene rings is 1. The number of rotatable bonds is 2. The molecule has 1 aromatic heterocycles. The van der Waals surface area contributed by atoms with Gasteiger partial charge in [0, 0.05) is 18.7 Å². The van der Waals surface area contributed by atoms with Crippen LogP contribution in [0.25, 0.3) is 11.0 Å². The number of aromatic nitrogens is 2. The van der Waals surface area contributed by atoms with E-state index in [0.29, 0.717) is 16.1 Å². The van der Waals surface area contributed by atoms with Crippen molar-refractivity contribution in [2.45, 2.75) is 44.2 Å². The van der Waals surface area contributed by atoms with E-state index < -0.39 is 0 Å². The molecule has 1 aromatic carbocycles. The molecule has 0 bridgehead atoms. The Labute approximate surface area is 142 Å². The van der Waals surface area contributed by atoms with E-state index in [2.05, 4.69) is 23.4 Å². The number of nitrogens with zero attached hydrogens (tertiary/aromatic N) is 2. The van der Waals surface area contributed by atoms with Crippen molar-refractivity contribution >= 4 is 45.2 Å². The lowest BCUT2D eigenvalue weighted by molar-refractivity contribution is -0.0688. The Kier molecular flexibility index (Phi) is 4.18. The van der Waals surface area contributed by atoms with E-state index in [9.17, 15) is 4.39 Å². The zero-order chi connectivity index (χ0) is 15.2. The first kappa shape index (κ1) is 15.5. The van der Waals surface area contributed by atoms with Crippen molar-refractivity contribution in [2.75, 3.05) is 6.61 Å². The van der Waals surface area contributed by atoms with Gasteiger partial charge < -0.3 is 9.30 Å². The summed E-state index contributed by atoms with van der Waals surface area (Å²) in [7, 11) is 0. The highest BCUT2D eigenvalue weighted by atomic mass is 127. The van der Waals surface area contributed by atoms with E-state index in [4.69, 9.17) is 16.3 Å². The summed E-state index contributed by atoms with van der Waals surface area (Å²) in [5, 5.41) is 0. The highest BCUT2D eigenvalue weighted by molar-refractivity contribution is 14.1. The maximum Gasteiger partial charge on any atom is 0.138 e. The third-order valence-corrected chi connectivity index (χ3v) is 5.03. The van der Waals surface area contributed by atoms with Crippen molar-refractivity contribution in [3.05, 3.63) is 27.3 Å². The Morgan fingerprint density at radius 2 is 2.29 bits per heavy atom. The molecule has 1 unspecified atom stereocenters. The number of imidazole rings is 1. The van der Waals surface area contributed by atoms with Gasteiger partial charge in [0.05, 0.1) is 26.1 Å². The maximum absolute atomic E-state index is 14.0. The van der Waals surface area contributed by atoms with Crippen LogP contribution in [0.3, 0.4) is 0 Å². The van der Waals surface area contributed by atoms with Crippen molar-refractivity contribution in [1.82, 2.24) is 9.55 Å². The van der Waals surface area contributed by atoms with Gasteiger partial charge in [0.15, 0.2) is 0 Å². The summed E-state index contributed by atoms with van der Waals surface area (Å²) in [6.07, 6.45) is 1.77. The lowest BCUT2D eigenvalue weighted by atomic mass is 9.93. The summed E-state index contributed by atoms with van der Waals surface area (Å²) in [6.45, 7) is 4.87. The second kappa shape index (κ2) is 5.66. The van der Waals surface area contributed by atoms with Crippen LogP contribution in [0.1, 0.15) is 38.6 Å². The summed E-state index contributed by atoms with van der Waals surface area (Å²) >= 11 is 8.05. The molecule has 1 atom stereocenters. The summed E-state index contributed by atoms with van der Waals surface area (Å²) in [6, 6.07) is 3.59. The zero-order valence-corrected chi connectivity index (χ0v) is 14.9. The lowest BCUT2D eigenvalue weighted by Gasteiger charge is -2.36. The van der Waals surface area contributed by atoms with E-state index in [-0.39, 0.29) is 17.5 Å². The normalized spacial score (nSPS) is 21.9. The highest BCUT2D eigenvalue weighted by Crippen LogP contribution is 2.36. The Hall–Kier alpha value is -0.400. The zero-order valence-electron chi connectivity index (χ0n) is 12.0. The molecule has 3 rings (SSSR count). The summed E-state index contributed by atoms with van der Waals surface area (Å²) in [4.78, 5) is 4.57. The van der Waals surface area contributed by atoms with Crippen molar-refractivity contribution in [1.29, 1.82) is 0 Å². The molecule has 1 aliphatic rings. The quantitative estimate of drug-likeness (QED) is 0.520. The molecule has 0 radical (unpaired) electrons. The number of halogens is 3. The van der Waals surface area contributed by atoms with Gasteiger partial charge in [-0.05, 0) is 55.3 Å². The average Bonchev–Trinajstić information content (AvgIpc) is 2.75. The summed E-state index contributed by atoms with van der Waals surface area (Å²) in [5.74, 6) is 0.914. The number of hydrogen-bond acceptors (Lipinski definition) is 2. The topological polar surface area (TPSA) is 27.1 Å². The van der Waals surface area contributed by atoms with Crippen LogP contribution in [0.4, 0.5) is 4.39 Å². The molecule has 2 aromatic rings. The van der Waals surface area contributed by atoms with Crippen LogP contribution < -0.4 is 0 Å². The van der Waals surface area contributed by atoms with E-state index in [1.54, 1.807) is 12.1 Å². The summed E-state index contributed by atoms with van der Waals surface area (Å²) in [5.41, 5.74) is 1.46. The van der Waals surface area contributed by atoms with Crippen molar-refractivity contribution in [3.63, 3.8) is 0 Å². The molecular weight excluding hydrogens is 406 g/mol. The molecule has 21 heavy (non-hydrogen) atoms. The Bertz CT molecular complexity index is 686. The molecule has 114 valence electrons. The van der Waals surface area contributed by atoms with Gasteiger partial charge in [0.2, 0.25) is 0 Å². The molecule has 1 saturated heterocycles. The third-order valence-electron chi connectivity index (χ3n) is 3.96. The van der Waals surface area contributed by atoms with E-state index in [1.807, 2.05) is 22.6 Å². The molecule has 2 heterocycles. The van der Waals surface area contributed by atoms with Crippen LogP contribution in [0.5, 0.6) is 0 Å². The van der Waals surface area contributed by atoms with E-state index in [0.717, 1.165) is 29.7 Å². The van der Waals surface area contributed by atoms with Gasteiger partial charge in [0.1, 0.15) is 11.6 Å². The largest absolute Gasteiger partial charge is 0.375 e. The van der Waals surface area contributed by atoms with Gasteiger partial charge in [-0.3, -0.25) is 0 Å². The summed E-state index contributed by atoms with van der Waals surface area (Å²) < 4.78 is 22.4. The maximum atomic E-state index is 14.0. The number of fused-ring (bicyclic) bond motifs is 1. The SMILES string of the molecule is CC1(C)CC(n2c(CCl)nc3cc(I)c(F)cc32)CCO1. The third kappa shape index (κ3) is 2.92. The van der Waals surface area contributed by atoms with Gasteiger partial charge >= 0.3 is 0 Å². The van der Waals surface area contributed by atoms with Gasteiger partial charge in [0.25, 0.3) is 0 Å². The Morgan fingerprint density at radius 3 is 2.95 bits per heavy atom. The standard InChI is InChI=1S/C15H17ClFIN2O/c1-15(2)7-9(3-4-21-15)20-13-5-10(17)11(18)6-12(13)19-14(20)8-16/h5-6,9H,3-4,7-8H2,1-2H3. The number of hydrogen-bond donors (Lipinski definition) is 0. The van der Waals surface area contributed by atoms with Crippen molar-refractivity contribution in [2.24, 2.45) is 0 Å². The minimum Gasteiger partial charge on any atom is -0.375 e. The fourth-order valence-electron chi connectivity index (χ4n) is 3.06. The molecular formula is C15H17ClFIN2O. The Balaban J connectivity index is 2.14. The molecule has 0 N–H and O–H groups in total. The highest BCUT2D eigenvalue weighted by Gasteiger charge is 2.31. The Morgan fingerprint density at radius 1 is 1.52 bits per heavy atom. The number of ether oxygens (including phenoxy) is 1. The number of alkyl halides is 1. The van der Waals surface area contributed by atoms with Crippen LogP contribution >= 0.6 is 34.2 Å². The van der Waals surface area contributed by atoms with Gasteiger partial charge in [-0.1, -0.05) is 0 Å². The first-order valence-corrected chi connectivity index (χ1v) is 8.58. The smallest absolute Gasteiger partial charge is 0.138 e. The van der Waals surface area contributed by atoms with Gasteiger partial charge in [-0.2, -0.15) is 0 Å². The van der Waals surface area contributed by atoms with E-state index in [1.165, 1.54) is 0 Å². The predicted molar refractivity (Wildman–Crippen MR) is 90.3 cm³/mol. The second-order valence-electron chi connectivity index (χ2n) is 6.04. The fraction of sp³-hybridized carbons (Fsp3) is 0.533. The molecule has 0 spiro atoms. The molecule has 1 aliphatic heterocycles. The van der Waals surface area contributed by atoms with E-state index >= 15 is 0 Å². The van der Waals surface area contributed by atoms with Crippen LogP contribution in [0.2, 0.25) is 0 Å². The second-order valence-corrected chi connectivity index (χ2v) is 7.47. The first-order chi connectivity index (χ1) is 9.91. The minimum absolute atomic E-state index is 0.176. The monoisotopic (exact) mass is 422 g/mol. The molecule has 0 amide bonds. The molecule has 6 heteroatoms. The molecule has 1 fully saturated rings. The van der Waals surface area contributed by atoms with Gasteiger partial charge in [-0.25, -0.2) is 9.37 Å². The molecule has 0 aliphatic carbocycles.